The van der Waals surface area contributed by atoms with Gasteiger partial charge in [-0.15, -0.1) is 5.10 Å². The Bertz CT molecular complexity index is 440. The van der Waals surface area contributed by atoms with Crippen LogP contribution in [0.1, 0.15) is 26.8 Å². The van der Waals surface area contributed by atoms with E-state index in [0.29, 0.717) is 0 Å². The van der Waals surface area contributed by atoms with E-state index in [4.69, 9.17) is 9.84 Å². The van der Waals surface area contributed by atoms with Crippen molar-refractivity contribution < 1.29 is 19.6 Å². The summed E-state index contributed by atoms with van der Waals surface area (Å²) in [7, 11) is 0. The Morgan fingerprint density at radius 2 is 2.18 bits per heavy atom. The number of rotatable bonds is 5. The molecular weight excluding hydrogens is 230 g/mol. The number of aromatic nitrogens is 2. The molecular formula is C9H13N3O5. The Hall–Kier alpha value is -2.12. The van der Waals surface area contributed by atoms with Gasteiger partial charge in [-0.1, -0.05) is 0 Å². The summed E-state index contributed by atoms with van der Waals surface area (Å²) in [6.45, 7) is 4.77. The van der Waals surface area contributed by atoms with Gasteiger partial charge in [0.2, 0.25) is 0 Å². The van der Waals surface area contributed by atoms with Crippen molar-refractivity contribution in [3.05, 3.63) is 16.3 Å². The highest BCUT2D eigenvalue weighted by molar-refractivity contribution is 5.71. The van der Waals surface area contributed by atoms with Gasteiger partial charge in [-0.3, -0.25) is 10.1 Å². The van der Waals surface area contributed by atoms with Crippen molar-refractivity contribution in [2.45, 2.75) is 32.9 Å². The molecule has 0 bridgehead atoms. The van der Waals surface area contributed by atoms with Crippen LogP contribution in [0.4, 0.5) is 5.69 Å². The van der Waals surface area contributed by atoms with E-state index in [1.54, 1.807) is 13.8 Å². The molecule has 0 spiro atoms. The zero-order chi connectivity index (χ0) is 13.2. The number of nitrogens with zero attached hydrogens (tertiary/aromatic N) is 3. The van der Waals surface area contributed by atoms with Gasteiger partial charge < -0.3 is 9.84 Å². The SMILES string of the molecule is CC(C)Oc1nn([C@H](C)C(=O)O)cc1[N+](=O)[O-]. The summed E-state index contributed by atoms with van der Waals surface area (Å²) in [5, 5.41) is 23.3. The molecule has 94 valence electrons. The summed E-state index contributed by atoms with van der Waals surface area (Å²) in [4.78, 5) is 20.8. The van der Waals surface area contributed by atoms with Crippen molar-refractivity contribution in [2.75, 3.05) is 0 Å². The highest BCUT2D eigenvalue weighted by Crippen LogP contribution is 2.27. The quantitative estimate of drug-likeness (QED) is 0.615. The van der Waals surface area contributed by atoms with Crippen LogP contribution < -0.4 is 4.74 Å². The minimum atomic E-state index is -1.13. The van der Waals surface area contributed by atoms with E-state index < -0.39 is 16.9 Å². The first-order valence-electron chi connectivity index (χ1n) is 4.96. The lowest BCUT2D eigenvalue weighted by Crippen LogP contribution is -2.16. The Morgan fingerprint density at radius 3 is 2.59 bits per heavy atom. The van der Waals surface area contributed by atoms with Gasteiger partial charge >= 0.3 is 17.5 Å². The molecule has 0 aliphatic rings. The number of hydrogen-bond acceptors (Lipinski definition) is 5. The number of ether oxygens (including phenoxy) is 1. The van der Waals surface area contributed by atoms with E-state index >= 15 is 0 Å². The van der Waals surface area contributed by atoms with Crippen LogP contribution in [-0.4, -0.2) is 31.9 Å². The molecule has 0 saturated carbocycles. The molecule has 1 heterocycles. The fourth-order valence-electron chi connectivity index (χ4n) is 1.11. The van der Waals surface area contributed by atoms with Gasteiger partial charge in [-0.05, 0) is 20.8 Å². The third-order valence-corrected chi connectivity index (χ3v) is 1.98. The van der Waals surface area contributed by atoms with Crippen molar-refractivity contribution in [3.63, 3.8) is 0 Å². The molecule has 0 unspecified atom stereocenters. The monoisotopic (exact) mass is 243 g/mol. The molecule has 1 rings (SSSR count). The first-order chi connectivity index (χ1) is 7.82. The van der Waals surface area contributed by atoms with Gasteiger partial charge in [0.1, 0.15) is 12.2 Å². The Labute approximate surface area is 97.0 Å². The van der Waals surface area contributed by atoms with Crippen LogP contribution in [0.15, 0.2) is 6.20 Å². The molecule has 1 atom stereocenters. The lowest BCUT2D eigenvalue weighted by atomic mass is 10.3. The first-order valence-corrected chi connectivity index (χ1v) is 4.96. The van der Waals surface area contributed by atoms with Crippen LogP contribution in [-0.2, 0) is 4.79 Å². The topological polar surface area (TPSA) is 107 Å². The molecule has 0 aromatic carbocycles. The lowest BCUT2D eigenvalue weighted by molar-refractivity contribution is -0.386. The van der Waals surface area contributed by atoms with Crippen LogP contribution in [0.3, 0.4) is 0 Å². The zero-order valence-corrected chi connectivity index (χ0v) is 9.65. The molecule has 0 radical (unpaired) electrons. The third kappa shape index (κ3) is 2.92. The maximum absolute atomic E-state index is 10.7. The second-order valence-electron chi connectivity index (χ2n) is 3.74. The highest BCUT2D eigenvalue weighted by atomic mass is 16.6. The van der Waals surface area contributed by atoms with Gasteiger partial charge in [0.25, 0.3) is 0 Å². The van der Waals surface area contributed by atoms with Crippen LogP contribution in [0.5, 0.6) is 5.88 Å². The standard InChI is InChI=1S/C9H13N3O5/c1-5(2)17-8-7(12(15)16)4-11(10-8)6(3)9(13)14/h4-6H,1-3H3,(H,13,14)/t6-/m1/s1. The summed E-state index contributed by atoms with van der Waals surface area (Å²) in [6, 6.07) is -0.988. The minimum absolute atomic E-state index is 0.168. The Kier molecular flexibility index (Phi) is 3.66. The van der Waals surface area contributed by atoms with Gasteiger partial charge in [0.15, 0.2) is 0 Å². The van der Waals surface area contributed by atoms with E-state index in [-0.39, 0.29) is 17.7 Å². The third-order valence-electron chi connectivity index (χ3n) is 1.98. The fraction of sp³-hybridized carbons (Fsp3) is 0.556. The predicted molar refractivity (Wildman–Crippen MR) is 57.0 cm³/mol. The molecule has 0 fully saturated rings. The first kappa shape index (κ1) is 12.9. The van der Waals surface area contributed by atoms with Crippen molar-refractivity contribution in [3.8, 4) is 5.88 Å². The molecule has 8 heteroatoms. The molecule has 1 aromatic rings. The van der Waals surface area contributed by atoms with Gasteiger partial charge in [-0.25, -0.2) is 9.48 Å². The summed E-state index contributed by atoms with van der Waals surface area (Å²) < 4.78 is 6.15. The summed E-state index contributed by atoms with van der Waals surface area (Å²) in [5.74, 6) is -1.29. The van der Waals surface area contributed by atoms with Gasteiger partial charge in [-0.2, -0.15) is 0 Å². The number of carbonyl (C=O) groups is 1. The second kappa shape index (κ2) is 4.81. The largest absolute Gasteiger partial charge is 0.480 e. The van der Waals surface area contributed by atoms with Crippen LogP contribution >= 0.6 is 0 Å². The van der Waals surface area contributed by atoms with Crippen LogP contribution in [0, 0.1) is 10.1 Å². The maximum Gasteiger partial charge on any atom is 0.350 e. The van der Waals surface area contributed by atoms with Crippen LogP contribution in [0.25, 0.3) is 0 Å². The van der Waals surface area contributed by atoms with E-state index in [1.165, 1.54) is 6.92 Å². The van der Waals surface area contributed by atoms with Crippen molar-refractivity contribution >= 4 is 11.7 Å². The smallest absolute Gasteiger partial charge is 0.350 e. The minimum Gasteiger partial charge on any atom is -0.480 e. The predicted octanol–water partition coefficient (Wildman–Crippen LogP) is 1.22. The van der Waals surface area contributed by atoms with E-state index in [1.807, 2.05) is 0 Å². The van der Waals surface area contributed by atoms with Crippen molar-refractivity contribution in [2.24, 2.45) is 0 Å². The number of aliphatic carboxylic acids is 1. The van der Waals surface area contributed by atoms with Gasteiger partial charge in [0.05, 0.1) is 11.0 Å². The van der Waals surface area contributed by atoms with Crippen LogP contribution in [0.2, 0.25) is 0 Å². The number of hydrogen-bond donors (Lipinski definition) is 1. The van der Waals surface area contributed by atoms with E-state index in [9.17, 15) is 14.9 Å². The summed E-state index contributed by atoms with van der Waals surface area (Å²) >= 11 is 0. The maximum atomic E-state index is 10.7. The number of nitro groups is 1. The Balaban J connectivity index is 3.12. The molecule has 1 aromatic heterocycles. The van der Waals surface area contributed by atoms with Gasteiger partial charge in [0, 0.05) is 0 Å². The van der Waals surface area contributed by atoms with Crippen molar-refractivity contribution in [1.82, 2.24) is 9.78 Å². The summed E-state index contributed by atoms with van der Waals surface area (Å²) in [5.41, 5.74) is -0.341. The molecule has 0 aliphatic heterocycles. The molecule has 0 saturated heterocycles. The number of carboxylic acids is 1. The van der Waals surface area contributed by atoms with Crippen molar-refractivity contribution in [1.29, 1.82) is 0 Å². The highest BCUT2D eigenvalue weighted by Gasteiger charge is 2.25. The molecule has 8 nitrogen and oxygen atoms in total. The molecule has 0 aliphatic carbocycles. The Morgan fingerprint density at radius 1 is 1.59 bits per heavy atom. The fourth-order valence-corrected chi connectivity index (χ4v) is 1.11. The second-order valence-corrected chi connectivity index (χ2v) is 3.74. The molecule has 1 N–H and O–H groups in total. The summed E-state index contributed by atoms with van der Waals surface area (Å²) in [6.07, 6.45) is 0.772. The normalized spacial score (nSPS) is 12.5. The zero-order valence-electron chi connectivity index (χ0n) is 9.65. The number of carboxylic acid groups (broad SMARTS) is 1. The lowest BCUT2D eigenvalue weighted by Gasteiger charge is -2.06. The van der Waals surface area contributed by atoms with E-state index in [2.05, 4.69) is 5.10 Å². The molecule has 0 amide bonds. The average Bonchev–Trinajstić information content (AvgIpc) is 2.59. The average molecular weight is 243 g/mol. The van der Waals surface area contributed by atoms with E-state index in [0.717, 1.165) is 10.9 Å². The molecule has 17 heavy (non-hydrogen) atoms.